The van der Waals surface area contributed by atoms with Gasteiger partial charge in [-0.1, -0.05) is 12.1 Å². The number of non-ortho nitro benzene ring substituents is 1. The average molecular weight is 432 g/mol. The fourth-order valence-electron chi connectivity index (χ4n) is 3.42. The van der Waals surface area contributed by atoms with Crippen LogP contribution in [-0.4, -0.2) is 44.1 Å². The molecule has 2 rings (SSSR count). The van der Waals surface area contributed by atoms with Crippen LogP contribution in [0.15, 0.2) is 39.9 Å². The van der Waals surface area contributed by atoms with Gasteiger partial charge in [-0.2, -0.15) is 0 Å². The van der Waals surface area contributed by atoms with Gasteiger partial charge < -0.3 is 5.32 Å². The Labute approximate surface area is 182 Å². The highest BCUT2D eigenvalue weighted by molar-refractivity contribution is 5.34. The van der Waals surface area contributed by atoms with Crippen molar-refractivity contribution in [3.63, 3.8) is 0 Å². The molecule has 0 spiro atoms. The lowest BCUT2D eigenvalue weighted by molar-refractivity contribution is -0.384. The van der Waals surface area contributed by atoms with E-state index in [0.29, 0.717) is 12.4 Å². The van der Waals surface area contributed by atoms with Crippen LogP contribution in [0.2, 0.25) is 0 Å². The molecule has 2 aromatic rings. The minimum Gasteiger partial charge on any atom is -0.370 e. The Hall–Kier alpha value is -2.94. The molecule has 0 atom stereocenters. The van der Waals surface area contributed by atoms with E-state index in [2.05, 4.69) is 31.0 Å². The quantitative estimate of drug-likeness (QED) is 0.352. The van der Waals surface area contributed by atoms with Gasteiger partial charge in [-0.15, -0.1) is 0 Å². The summed E-state index contributed by atoms with van der Waals surface area (Å²) in [4.78, 5) is 36.7. The molecule has 1 heterocycles. The molecule has 1 aromatic carbocycles. The number of aromatic nitrogens is 2. The molecule has 170 valence electrons. The van der Waals surface area contributed by atoms with E-state index in [1.807, 2.05) is 12.1 Å². The van der Waals surface area contributed by atoms with Crippen LogP contribution in [0.4, 0.5) is 11.5 Å². The molecule has 9 nitrogen and oxygen atoms in total. The second-order valence-corrected chi connectivity index (χ2v) is 8.73. The Balaban J connectivity index is 1.86. The summed E-state index contributed by atoms with van der Waals surface area (Å²) in [6.07, 6.45) is 2.86. The summed E-state index contributed by atoms with van der Waals surface area (Å²) in [7, 11) is 3.11. The molecule has 1 aromatic heterocycles. The highest BCUT2D eigenvalue weighted by Gasteiger charge is 2.20. The van der Waals surface area contributed by atoms with Crippen molar-refractivity contribution in [2.75, 3.05) is 25.0 Å². The van der Waals surface area contributed by atoms with Gasteiger partial charge in [-0.3, -0.25) is 28.9 Å². The van der Waals surface area contributed by atoms with Crippen molar-refractivity contribution in [2.24, 2.45) is 14.1 Å². The van der Waals surface area contributed by atoms with Crippen LogP contribution in [0.1, 0.15) is 39.2 Å². The predicted octanol–water partition coefficient (Wildman–Crippen LogP) is 2.53. The van der Waals surface area contributed by atoms with Crippen LogP contribution in [0, 0.1) is 10.1 Å². The molecule has 31 heavy (non-hydrogen) atoms. The average Bonchev–Trinajstić information content (AvgIpc) is 2.71. The maximum Gasteiger partial charge on any atom is 0.332 e. The molecule has 0 bridgehead atoms. The Morgan fingerprint density at radius 3 is 2.26 bits per heavy atom. The molecule has 0 aliphatic heterocycles. The number of unbranched alkanes of at least 4 members (excludes halogenated alkanes) is 1. The highest BCUT2D eigenvalue weighted by atomic mass is 16.6. The summed E-state index contributed by atoms with van der Waals surface area (Å²) >= 11 is 0. The minimum absolute atomic E-state index is 0.0201. The zero-order valence-corrected chi connectivity index (χ0v) is 19.1. The monoisotopic (exact) mass is 431 g/mol. The number of hydrogen-bond acceptors (Lipinski definition) is 6. The van der Waals surface area contributed by atoms with E-state index in [0.717, 1.165) is 42.5 Å². The zero-order valence-electron chi connectivity index (χ0n) is 19.1. The Morgan fingerprint density at radius 2 is 1.68 bits per heavy atom. The van der Waals surface area contributed by atoms with Crippen LogP contribution < -0.4 is 16.6 Å². The van der Waals surface area contributed by atoms with Crippen molar-refractivity contribution in [3.05, 3.63) is 66.8 Å². The smallest absolute Gasteiger partial charge is 0.332 e. The van der Waals surface area contributed by atoms with Gasteiger partial charge >= 0.3 is 5.69 Å². The van der Waals surface area contributed by atoms with Crippen molar-refractivity contribution in [3.8, 4) is 0 Å². The Bertz CT molecular complexity index is 1000. The highest BCUT2D eigenvalue weighted by Crippen LogP contribution is 2.16. The molecule has 0 saturated heterocycles. The standard InChI is InChI=1S/C22H33N5O4/c1-22(2,3)26(14-7-6-8-17-9-11-18(12-10-17)27(30)31)15-13-23-19-16-20(28)25(5)21(29)24(19)4/h9-12,16,23H,6-8,13-15H2,1-5H3. The van der Waals surface area contributed by atoms with Gasteiger partial charge in [0, 0.05) is 50.9 Å². The first kappa shape index (κ1) is 24.3. The van der Waals surface area contributed by atoms with Gasteiger partial charge in [0.2, 0.25) is 0 Å². The lowest BCUT2D eigenvalue weighted by atomic mass is 10.0. The van der Waals surface area contributed by atoms with Gasteiger partial charge in [-0.25, -0.2) is 4.79 Å². The SMILES string of the molecule is Cn1c(NCCN(CCCCc2ccc([N+](=O)[O-])cc2)C(C)(C)C)cc(=O)n(C)c1=O. The first-order valence-corrected chi connectivity index (χ1v) is 10.5. The third kappa shape index (κ3) is 6.78. The van der Waals surface area contributed by atoms with Crippen molar-refractivity contribution in [1.29, 1.82) is 0 Å². The Kier molecular flexibility index (Phi) is 8.15. The van der Waals surface area contributed by atoms with E-state index in [1.165, 1.54) is 17.7 Å². The summed E-state index contributed by atoms with van der Waals surface area (Å²) in [5.41, 5.74) is 0.511. The van der Waals surface area contributed by atoms with Crippen molar-refractivity contribution in [1.82, 2.24) is 14.0 Å². The van der Waals surface area contributed by atoms with Gasteiger partial charge in [0.25, 0.3) is 11.2 Å². The number of anilines is 1. The van der Waals surface area contributed by atoms with Crippen molar-refractivity contribution >= 4 is 11.5 Å². The van der Waals surface area contributed by atoms with Crippen LogP contribution >= 0.6 is 0 Å². The van der Waals surface area contributed by atoms with Gasteiger partial charge in [-0.05, 0) is 52.1 Å². The molecule has 0 radical (unpaired) electrons. The number of nitro groups is 1. The number of nitro benzene ring substituents is 1. The van der Waals surface area contributed by atoms with Crippen LogP contribution in [-0.2, 0) is 20.5 Å². The third-order valence-electron chi connectivity index (χ3n) is 5.45. The van der Waals surface area contributed by atoms with Crippen LogP contribution in [0.5, 0.6) is 0 Å². The second kappa shape index (κ2) is 10.4. The maximum atomic E-state index is 12.1. The third-order valence-corrected chi connectivity index (χ3v) is 5.45. The molecule has 0 amide bonds. The summed E-state index contributed by atoms with van der Waals surface area (Å²) in [5, 5.41) is 14.0. The second-order valence-electron chi connectivity index (χ2n) is 8.73. The van der Waals surface area contributed by atoms with E-state index < -0.39 is 0 Å². The van der Waals surface area contributed by atoms with E-state index in [-0.39, 0.29) is 27.4 Å². The number of hydrogen-bond donors (Lipinski definition) is 1. The zero-order chi connectivity index (χ0) is 23.2. The number of nitrogens with zero attached hydrogens (tertiary/aromatic N) is 4. The first-order valence-electron chi connectivity index (χ1n) is 10.5. The van der Waals surface area contributed by atoms with Crippen LogP contribution in [0.25, 0.3) is 0 Å². The molecule has 9 heteroatoms. The fourth-order valence-corrected chi connectivity index (χ4v) is 3.42. The molecule has 0 saturated carbocycles. The summed E-state index contributed by atoms with van der Waals surface area (Å²) in [6, 6.07) is 8.17. The number of benzene rings is 1. The normalized spacial score (nSPS) is 11.7. The molecule has 0 fully saturated rings. The van der Waals surface area contributed by atoms with Crippen molar-refractivity contribution < 1.29 is 4.92 Å². The maximum absolute atomic E-state index is 12.1. The van der Waals surface area contributed by atoms with Gasteiger partial charge in [0.05, 0.1) is 4.92 Å². The summed E-state index contributed by atoms with van der Waals surface area (Å²) in [5.74, 6) is 0.514. The van der Waals surface area contributed by atoms with E-state index >= 15 is 0 Å². The summed E-state index contributed by atoms with van der Waals surface area (Å²) < 4.78 is 2.52. The largest absolute Gasteiger partial charge is 0.370 e. The predicted molar refractivity (Wildman–Crippen MR) is 123 cm³/mol. The molecule has 0 unspecified atom stereocenters. The molecule has 1 N–H and O–H groups in total. The topological polar surface area (TPSA) is 102 Å². The number of aryl methyl sites for hydroxylation is 1. The molecule has 0 aliphatic rings. The van der Waals surface area contributed by atoms with Crippen molar-refractivity contribution in [2.45, 2.75) is 45.6 Å². The van der Waals surface area contributed by atoms with E-state index in [9.17, 15) is 19.7 Å². The van der Waals surface area contributed by atoms with E-state index in [1.54, 1.807) is 19.2 Å². The lowest BCUT2D eigenvalue weighted by Crippen LogP contribution is -2.45. The Morgan fingerprint density at radius 1 is 1.03 bits per heavy atom. The minimum atomic E-state index is -0.385. The first-order chi connectivity index (χ1) is 14.5. The molecule has 0 aliphatic carbocycles. The molecular weight excluding hydrogens is 398 g/mol. The lowest BCUT2D eigenvalue weighted by Gasteiger charge is -2.36. The van der Waals surface area contributed by atoms with Gasteiger partial charge in [0.15, 0.2) is 0 Å². The number of nitrogens with one attached hydrogen (secondary N) is 1. The number of rotatable bonds is 10. The molecular formula is C22H33N5O4. The van der Waals surface area contributed by atoms with Gasteiger partial charge in [0.1, 0.15) is 5.82 Å². The van der Waals surface area contributed by atoms with E-state index in [4.69, 9.17) is 0 Å². The van der Waals surface area contributed by atoms with Crippen LogP contribution in [0.3, 0.4) is 0 Å². The fraction of sp³-hybridized carbons (Fsp3) is 0.545. The summed E-state index contributed by atoms with van der Waals surface area (Å²) in [6.45, 7) is 8.78.